The molecule has 2 aliphatic rings. The van der Waals surface area contributed by atoms with Gasteiger partial charge >= 0.3 is 6.03 Å². The van der Waals surface area contributed by atoms with Crippen molar-refractivity contribution in [1.29, 1.82) is 0 Å². The Labute approximate surface area is 143 Å². The van der Waals surface area contributed by atoms with E-state index < -0.39 is 29.1 Å². The van der Waals surface area contributed by atoms with Gasteiger partial charge in [0, 0.05) is 16.7 Å². The van der Waals surface area contributed by atoms with Gasteiger partial charge in [0.25, 0.3) is 5.91 Å². The summed E-state index contributed by atoms with van der Waals surface area (Å²) in [6.07, 6.45) is 0. The second kappa shape index (κ2) is 4.69. The number of fused-ring (bicyclic) bond motifs is 5. The zero-order chi connectivity index (χ0) is 18.1. The van der Waals surface area contributed by atoms with Gasteiger partial charge in [-0.1, -0.05) is 6.07 Å². The van der Waals surface area contributed by atoms with Crippen molar-refractivity contribution in [3.63, 3.8) is 0 Å². The van der Waals surface area contributed by atoms with Gasteiger partial charge in [0.05, 0.1) is 0 Å². The Bertz CT molecular complexity index is 1110. The Morgan fingerprint density at radius 2 is 1.77 bits per heavy atom. The first kappa shape index (κ1) is 14.6. The lowest BCUT2D eigenvalue weighted by atomic mass is 9.87. The summed E-state index contributed by atoms with van der Waals surface area (Å²) in [6, 6.07) is 5.44. The number of aromatic nitrogens is 4. The number of halogens is 2. The fourth-order valence-corrected chi connectivity index (χ4v) is 3.67. The Balaban J connectivity index is 1.93. The summed E-state index contributed by atoms with van der Waals surface area (Å²) in [5.41, 5.74) is -0.150. The molecule has 3 N–H and O–H groups in total. The van der Waals surface area contributed by atoms with E-state index in [9.17, 15) is 18.4 Å². The van der Waals surface area contributed by atoms with E-state index >= 15 is 0 Å². The van der Waals surface area contributed by atoms with E-state index in [1.54, 1.807) is 0 Å². The topological polar surface area (TPSA) is 113 Å². The number of carbonyl (C=O) groups excluding carboxylic acids is 2. The molecule has 8 nitrogen and oxygen atoms in total. The molecule has 26 heavy (non-hydrogen) atoms. The molecule has 3 aromatic rings. The third-order valence-electron chi connectivity index (χ3n) is 4.62. The maximum absolute atomic E-state index is 14.4. The first-order valence-electron chi connectivity index (χ1n) is 7.52. The fraction of sp³-hybridized carbons (Fsp3) is 0.0625. The Morgan fingerprint density at radius 1 is 0.962 bits per heavy atom. The predicted molar refractivity (Wildman–Crippen MR) is 82.4 cm³/mol. The number of carbonyl (C=O) groups is 2. The van der Waals surface area contributed by atoms with E-state index in [-0.39, 0.29) is 22.5 Å². The summed E-state index contributed by atoms with van der Waals surface area (Å²) < 4.78 is 28.3. The average molecular weight is 354 g/mol. The van der Waals surface area contributed by atoms with Gasteiger partial charge in [-0.15, -0.1) is 10.2 Å². The normalized spacial score (nSPS) is 20.1. The summed E-state index contributed by atoms with van der Waals surface area (Å²) in [5.74, 6) is -1.85. The largest absolute Gasteiger partial charge is 0.322 e. The number of hydrogen-bond donors (Lipinski definition) is 3. The van der Waals surface area contributed by atoms with Gasteiger partial charge in [-0.25, -0.2) is 13.6 Å². The number of rotatable bonds is 1. The highest BCUT2D eigenvalue weighted by Crippen LogP contribution is 2.52. The fourth-order valence-electron chi connectivity index (χ4n) is 3.67. The summed E-state index contributed by atoms with van der Waals surface area (Å²) in [7, 11) is 0. The van der Waals surface area contributed by atoms with Crippen LogP contribution in [0.3, 0.4) is 0 Å². The first-order valence-corrected chi connectivity index (χ1v) is 7.52. The van der Waals surface area contributed by atoms with Crippen LogP contribution in [0.25, 0.3) is 22.5 Å². The minimum absolute atomic E-state index is 0.109. The number of urea groups is 1. The molecule has 1 spiro atoms. The molecular formula is C16H8F2N6O2. The van der Waals surface area contributed by atoms with Crippen molar-refractivity contribution in [2.75, 3.05) is 0 Å². The van der Waals surface area contributed by atoms with Gasteiger partial charge in [-0.2, -0.15) is 5.21 Å². The van der Waals surface area contributed by atoms with Crippen LogP contribution in [0.15, 0.2) is 30.3 Å². The minimum atomic E-state index is -1.72. The molecule has 0 saturated carbocycles. The molecule has 1 aliphatic carbocycles. The zero-order valence-electron chi connectivity index (χ0n) is 12.8. The molecule has 5 rings (SSSR count). The van der Waals surface area contributed by atoms with Gasteiger partial charge in [0.2, 0.25) is 5.82 Å². The van der Waals surface area contributed by atoms with Gasteiger partial charge in [0.15, 0.2) is 5.54 Å². The van der Waals surface area contributed by atoms with Crippen LogP contribution in [0.2, 0.25) is 0 Å². The molecule has 1 aromatic heterocycles. The number of nitrogens with one attached hydrogen (secondary N) is 3. The van der Waals surface area contributed by atoms with Crippen LogP contribution < -0.4 is 10.6 Å². The summed E-state index contributed by atoms with van der Waals surface area (Å²) in [4.78, 5) is 24.5. The van der Waals surface area contributed by atoms with E-state index in [0.29, 0.717) is 11.1 Å². The van der Waals surface area contributed by atoms with Gasteiger partial charge in [-0.3, -0.25) is 10.1 Å². The van der Waals surface area contributed by atoms with Gasteiger partial charge < -0.3 is 5.32 Å². The molecule has 0 bridgehead atoms. The van der Waals surface area contributed by atoms with Crippen LogP contribution >= 0.6 is 0 Å². The number of amides is 3. The average Bonchev–Trinajstić information content (AvgIpc) is 3.28. The highest BCUT2D eigenvalue weighted by molar-refractivity contribution is 6.14. The zero-order valence-corrected chi connectivity index (χ0v) is 12.8. The Morgan fingerprint density at radius 3 is 2.46 bits per heavy atom. The molecule has 10 heteroatoms. The van der Waals surface area contributed by atoms with E-state index in [2.05, 4.69) is 31.3 Å². The van der Waals surface area contributed by atoms with Crippen molar-refractivity contribution in [1.82, 2.24) is 31.3 Å². The number of hydrogen-bond acceptors (Lipinski definition) is 5. The standard InChI is InChI=1S/C16H8F2N6O2/c17-6-1-2-8-10(4-6)16(14(25)19-15(26)20-16)11-5-7(18)3-9(12(8)11)13-21-23-24-22-13/h1-5H,(H2,19,20,25,26)(H,21,22,23,24). The number of imide groups is 1. The monoisotopic (exact) mass is 354 g/mol. The lowest BCUT2D eigenvalue weighted by Gasteiger charge is -2.23. The smallest absolute Gasteiger partial charge is 0.316 e. The molecule has 1 unspecified atom stereocenters. The first-order chi connectivity index (χ1) is 12.5. The van der Waals surface area contributed by atoms with Gasteiger partial charge in [-0.05, 0) is 40.6 Å². The summed E-state index contributed by atoms with van der Waals surface area (Å²) in [6.45, 7) is 0. The van der Waals surface area contributed by atoms with Crippen molar-refractivity contribution < 1.29 is 18.4 Å². The molecule has 1 saturated heterocycles. The van der Waals surface area contributed by atoms with E-state index in [4.69, 9.17) is 0 Å². The Hall–Kier alpha value is -3.69. The van der Waals surface area contributed by atoms with Crippen molar-refractivity contribution in [3.05, 3.63) is 53.1 Å². The Kier molecular flexibility index (Phi) is 2.64. The van der Waals surface area contributed by atoms with Crippen molar-refractivity contribution >= 4 is 11.9 Å². The number of nitrogens with zero attached hydrogens (tertiary/aromatic N) is 3. The maximum atomic E-state index is 14.4. The SMILES string of the molecule is O=C1NC(=O)C2(N1)c1cc(F)ccc1-c1c(-c3nn[nH]n3)cc(F)cc12. The number of aromatic amines is 1. The van der Waals surface area contributed by atoms with E-state index in [1.165, 1.54) is 18.2 Å². The van der Waals surface area contributed by atoms with Crippen LogP contribution in [0.1, 0.15) is 11.1 Å². The molecule has 128 valence electrons. The van der Waals surface area contributed by atoms with E-state index in [1.807, 2.05) is 0 Å². The molecule has 2 aromatic carbocycles. The highest BCUT2D eigenvalue weighted by atomic mass is 19.1. The molecule has 2 heterocycles. The van der Waals surface area contributed by atoms with Crippen LogP contribution in [0.5, 0.6) is 0 Å². The van der Waals surface area contributed by atoms with Crippen LogP contribution in [-0.4, -0.2) is 32.6 Å². The lowest BCUT2D eigenvalue weighted by Crippen LogP contribution is -2.43. The molecular weight excluding hydrogens is 346 g/mol. The molecule has 1 atom stereocenters. The molecule has 1 aliphatic heterocycles. The highest BCUT2D eigenvalue weighted by Gasteiger charge is 2.56. The lowest BCUT2D eigenvalue weighted by molar-refractivity contribution is -0.122. The van der Waals surface area contributed by atoms with Crippen molar-refractivity contribution in [2.24, 2.45) is 0 Å². The minimum Gasteiger partial charge on any atom is -0.316 e. The van der Waals surface area contributed by atoms with E-state index in [0.717, 1.165) is 12.1 Å². The van der Waals surface area contributed by atoms with Crippen molar-refractivity contribution in [3.8, 4) is 22.5 Å². The molecule has 0 radical (unpaired) electrons. The summed E-state index contributed by atoms with van der Waals surface area (Å²) >= 11 is 0. The second-order valence-corrected chi connectivity index (χ2v) is 5.96. The second-order valence-electron chi connectivity index (χ2n) is 5.96. The van der Waals surface area contributed by atoms with Crippen molar-refractivity contribution in [2.45, 2.75) is 5.54 Å². The number of tetrazole rings is 1. The molecule has 1 fully saturated rings. The predicted octanol–water partition coefficient (Wildman–Crippen LogP) is 1.21. The number of benzene rings is 2. The van der Waals surface area contributed by atoms with Gasteiger partial charge in [0.1, 0.15) is 11.6 Å². The third-order valence-corrected chi connectivity index (χ3v) is 4.62. The third kappa shape index (κ3) is 1.67. The number of H-pyrrole nitrogens is 1. The van der Waals surface area contributed by atoms with Crippen LogP contribution in [0.4, 0.5) is 13.6 Å². The maximum Gasteiger partial charge on any atom is 0.322 e. The van der Waals surface area contributed by atoms with Crippen LogP contribution in [0, 0.1) is 11.6 Å². The quantitative estimate of drug-likeness (QED) is 0.569. The summed E-state index contributed by atoms with van der Waals surface area (Å²) in [5, 5.41) is 18.2. The molecule has 3 amide bonds. The van der Waals surface area contributed by atoms with Crippen LogP contribution in [-0.2, 0) is 10.3 Å².